The molecule has 0 spiro atoms. The first kappa shape index (κ1) is 13.9. The lowest BCUT2D eigenvalue weighted by atomic mass is 10.2. The fraction of sp³-hybridized carbons (Fsp3) is 0.188. The van der Waals surface area contributed by atoms with Crippen LogP contribution in [0.25, 0.3) is 5.65 Å². The Morgan fingerprint density at radius 1 is 1.29 bits per heavy atom. The number of aromatic nitrogens is 2. The van der Waals surface area contributed by atoms with E-state index in [2.05, 4.69) is 4.98 Å². The van der Waals surface area contributed by atoms with Gasteiger partial charge in [-0.25, -0.2) is 0 Å². The van der Waals surface area contributed by atoms with Crippen LogP contribution in [-0.4, -0.2) is 15.9 Å². The number of aryl methyl sites for hydroxylation is 1. The SMILES string of the molecule is Cc1ccc(Cl)c(Oc2nc3ccccn3c2CCN)c1. The average Bonchev–Trinajstić information content (AvgIpc) is 2.81. The highest BCUT2D eigenvalue weighted by atomic mass is 35.5. The molecule has 2 aromatic heterocycles. The van der Waals surface area contributed by atoms with Gasteiger partial charge in [0.05, 0.1) is 10.7 Å². The summed E-state index contributed by atoms with van der Waals surface area (Å²) in [7, 11) is 0. The van der Waals surface area contributed by atoms with Gasteiger partial charge in [-0.15, -0.1) is 0 Å². The number of fused-ring (bicyclic) bond motifs is 1. The topological polar surface area (TPSA) is 52.5 Å². The molecule has 2 heterocycles. The van der Waals surface area contributed by atoms with Gasteiger partial charge in [0.2, 0.25) is 5.88 Å². The van der Waals surface area contributed by atoms with E-state index >= 15 is 0 Å². The molecule has 0 aliphatic rings. The van der Waals surface area contributed by atoms with Crippen molar-refractivity contribution in [2.24, 2.45) is 5.73 Å². The van der Waals surface area contributed by atoms with E-state index in [0.717, 1.165) is 16.9 Å². The first-order valence-corrected chi connectivity index (χ1v) is 7.17. The van der Waals surface area contributed by atoms with Crippen molar-refractivity contribution >= 4 is 17.2 Å². The number of benzene rings is 1. The average molecular weight is 302 g/mol. The molecule has 0 saturated carbocycles. The van der Waals surface area contributed by atoms with Crippen LogP contribution >= 0.6 is 11.6 Å². The van der Waals surface area contributed by atoms with E-state index in [1.165, 1.54) is 0 Å². The summed E-state index contributed by atoms with van der Waals surface area (Å²) >= 11 is 6.19. The van der Waals surface area contributed by atoms with Crippen LogP contribution in [0.15, 0.2) is 42.6 Å². The van der Waals surface area contributed by atoms with E-state index in [1.807, 2.05) is 53.9 Å². The van der Waals surface area contributed by atoms with Gasteiger partial charge in [-0.2, -0.15) is 4.98 Å². The molecule has 108 valence electrons. The number of rotatable bonds is 4. The van der Waals surface area contributed by atoms with E-state index in [-0.39, 0.29) is 0 Å². The van der Waals surface area contributed by atoms with Crippen molar-refractivity contribution in [3.8, 4) is 11.6 Å². The highest BCUT2D eigenvalue weighted by molar-refractivity contribution is 6.32. The first-order valence-electron chi connectivity index (χ1n) is 6.79. The van der Waals surface area contributed by atoms with E-state index in [0.29, 0.717) is 29.6 Å². The number of hydrogen-bond acceptors (Lipinski definition) is 3. The van der Waals surface area contributed by atoms with Crippen LogP contribution in [0, 0.1) is 6.92 Å². The minimum Gasteiger partial charge on any atom is -0.436 e. The van der Waals surface area contributed by atoms with Crippen LogP contribution in [0.2, 0.25) is 5.02 Å². The maximum Gasteiger partial charge on any atom is 0.241 e. The number of ether oxygens (including phenoxy) is 1. The van der Waals surface area contributed by atoms with E-state index in [4.69, 9.17) is 22.1 Å². The molecule has 3 rings (SSSR count). The van der Waals surface area contributed by atoms with Crippen molar-refractivity contribution in [3.05, 3.63) is 58.9 Å². The standard InChI is InChI=1S/C16H16ClN3O/c1-11-5-6-12(17)14(10-11)21-16-13(7-8-18)20-9-3-2-4-15(20)19-16/h2-6,9-10H,7-8,18H2,1H3. The summed E-state index contributed by atoms with van der Waals surface area (Å²) in [6.07, 6.45) is 2.64. The van der Waals surface area contributed by atoms with Crippen molar-refractivity contribution in [2.75, 3.05) is 6.54 Å². The molecule has 1 aromatic carbocycles. The number of pyridine rings is 1. The Labute approximate surface area is 128 Å². The van der Waals surface area contributed by atoms with E-state index < -0.39 is 0 Å². The maximum absolute atomic E-state index is 6.19. The maximum atomic E-state index is 6.19. The van der Waals surface area contributed by atoms with Gasteiger partial charge in [0.1, 0.15) is 11.4 Å². The smallest absolute Gasteiger partial charge is 0.241 e. The Bertz CT molecular complexity index is 782. The van der Waals surface area contributed by atoms with Crippen LogP contribution in [0.5, 0.6) is 11.6 Å². The summed E-state index contributed by atoms with van der Waals surface area (Å²) in [4.78, 5) is 4.52. The molecule has 5 heteroatoms. The highest BCUT2D eigenvalue weighted by Gasteiger charge is 2.14. The predicted octanol–water partition coefficient (Wildman–Crippen LogP) is 3.59. The fourth-order valence-corrected chi connectivity index (χ4v) is 2.42. The summed E-state index contributed by atoms with van der Waals surface area (Å²) in [5, 5.41) is 0.566. The lowest BCUT2D eigenvalue weighted by Gasteiger charge is -2.08. The van der Waals surface area contributed by atoms with Crippen molar-refractivity contribution in [1.82, 2.24) is 9.38 Å². The van der Waals surface area contributed by atoms with Gasteiger partial charge < -0.3 is 14.9 Å². The molecule has 0 amide bonds. The van der Waals surface area contributed by atoms with Gasteiger partial charge in [0.15, 0.2) is 0 Å². The Morgan fingerprint density at radius 3 is 2.95 bits per heavy atom. The zero-order valence-corrected chi connectivity index (χ0v) is 12.5. The van der Waals surface area contributed by atoms with E-state index in [9.17, 15) is 0 Å². The van der Waals surface area contributed by atoms with Gasteiger partial charge in [-0.1, -0.05) is 23.7 Å². The highest BCUT2D eigenvalue weighted by Crippen LogP contribution is 2.32. The van der Waals surface area contributed by atoms with Crippen LogP contribution < -0.4 is 10.5 Å². The van der Waals surface area contributed by atoms with Gasteiger partial charge >= 0.3 is 0 Å². The summed E-state index contributed by atoms with van der Waals surface area (Å²) < 4.78 is 7.93. The largest absolute Gasteiger partial charge is 0.436 e. The Balaban J connectivity index is 2.07. The van der Waals surface area contributed by atoms with Crippen molar-refractivity contribution < 1.29 is 4.74 Å². The van der Waals surface area contributed by atoms with Crippen LogP contribution in [0.3, 0.4) is 0 Å². The fourth-order valence-electron chi connectivity index (χ4n) is 2.26. The number of hydrogen-bond donors (Lipinski definition) is 1. The van der Waals surface area contributed by atoms with Gasteiger partial charge in [-0.3, -0.25) is 0 Å². The van der Waals surface area contributed by atoms with Crippen LogP contribution in [0.1, 0.15) is 11.3 Å². The van der Waals surface area contributed by atoms with Crippen molar-refractivity contribution in [3.63, 3.8) is 0 Å². The Kier molecular flexibility index (Phi) is 3.82. The van der Waals surface area contributed by atoms with Crippen molar-refractivity contribution in [2.45, 2.75) is 13.3 Å². The molecule has 0 fully saturated rings. The molecule has 21 heavy (non-hydrogen) atoms. The number of nitrogens with zero attached hydrogens (tertiary/aromatic N) is 2. The number of halogens is 1. The molecule has 0 aliphatic heterocycles. The molecule has 0 radical (unpaired) electrons. The lowest BCUT2D eigenvalue weighted by Crippen LogP contribution is -2.06. The van der Waals surface area contributed by atoms with Gasteiger partial charge in [0, 0.05) is 12.6 Å². The molecule has 0 atom stereocenters. The van der Waals surface area contributed by atoms with Crippen LogP contribution in [-0.2, 0) is 6.42 Å². The second-order valence-corrected chi connectivity index (χ2v) is 5.27. The van der Waals surface area contributed by atoms with E-state index in [1.54, 1.807) is 0 Å². The predicted molar refractivity (Wildman–Crippen MR) is 84.2 cm³/mol. The second-order valence-electron chi connectivity index (χ2n) is 4.87. The number of nitrogens with two attached hydrogens (primary N) is 1. The summed E-state index contributed by atoms with van der Waals surface area (Å²) in [5.41, 5.74) is 8.57. The zero-order valence-electron chi connectivity index (χ0n) is 11.7. The number of imidazole rings is 1. The third kappa shape index (κ3) is 2.73. The van der Waals surface area contributed by atoms with Gasteiger partial charge in [0.25, 0.3) is 0 Å². The van der Waals surface area contributed by atoms with Crippen LogP contribution in [0.4, 0.5) is 0 Å². The minimum absolute atomic E-state index is 0.528. The third-order valence-corrected chi connectivity index (χ3v) is 3.58. The molecule has 2 N–H and O–H groups in total. The molecule has 0 bridgehead atoms. The van der Waals surface area contributed by atoms with Gasteiger partial charge in [-0.05, 0) is 43.3 Å². The molecule has 3 aromatic rings. The molecule has 4 nitrogen and oxygen atoms in total. The lowest BCUT2D eigenvalue weighted by molar-refractivity contribution is 0.459. The molecule has 0 saturated heterocycles. The summed E-state index contributed by atoms with van der Waals surface area (Å²) in [5.74, 6) is 1.16. The first-order chi connectivity index (χ1) is 10.2. The monoisotopic (exact) mass is 301 g/mol. The molecular weight excluding hydrogens is 286 g/mol. The molecule has 0 aliphatic carbocycles. The summed E-state index contributed by atoms with van der Waals surface area (Å²) in [6.45, 7) is 2.52. The molecule has 0 unspecified atom stereocenters. The zero-order chi connectivity index (χ0) is 14.8. The Morgan fingerprint density at radius 2 is 2.14 bits per heavy atom. The summed E-state index contributed by atoms with van der Waals surface area (Å²) in [6, 6.07) is 11.5. The second kappa shape index (κ2) is 5.76. The Hall–Kier alpha value is -2.04. The minimum atomic E-state index is 0.528. The quantitative estimate of drug-likeness (QED) is 0.801. The van der Waals surface area contributed by atoms with Crippen molar-refractivity contribution in [1.29, 1.82) is 0 Å². The normalized spacial score (nSPS) is 11.0. The third-order valence-electron chi connectivity index (χ3n) is 3.27. The molecular formula is C16H16ClN3O.